The molecule has 8 nitrogen and oxygen atoms in total. The minimum absolute atomic E-state index is 0.000538. The lowest BCUT2D eigenvalue weighted by Crippen LogP contribution is -2.45. The number of aliphatic hydroxyl groups excluding tert-OH is 1. The van der Waals surface area contributed by atoms with Crippen LogP contribution in [0.5, 0.6) is 0 Å². The molecule has 0 fully saturated rings. The van der Waals surface area contributed by atoms with Gasteiger partial charge in [0.15, 0.2) is 0 Å². The zero-order valence-corrected chi connectivity index (χ0v) is 43.4. The molecule has 1 amide bonds. The molecule has 0 aliphatic rings. The van der Waals surface area contributed by atoms with Crippen LogP contribution in [0.4, 0.5) is 0 Å². The molecule has 0 saturated heterocycles. The molecule has 0 heterocycles. The molecule has 0 aromatic carbocycles. The van der Waals surface area contributed by atoms with E-state index in [4.69, 9.17) is 9.05 Å². The molecule has 3 atom stereocenters. The van der Waals surface area contributed by atoms with Crippen molar-refractivity contribution >= 4 is 13.7 Å². The van der Waals surface area contributed by atoms with E-state index in [1.807, 2.05) is 27.2 Å². The van der Waals surface area contributed by atoms with E-state index in [2.05, 4.69) is 31.3 Å². The second kappa shape index (κ2) is 46.1. The number of hydrogen-bond acceptors (Lipinski definition) is 6. The van der Waals surface area contributed by atoms with Crippen molar-refractivity contribution in [2.75, 3.05) is 40.9 Å². The molecule has 0 bridgehead atoms. The van der Waals surface area contributed by atoms with Gasteiger partial charge in [-0.1, -0.05) is 237 Å². The summed E-state index contributed by atoms with van der Waals surface area (Å²) in [5, 5.41) is 13.8. The highest BCUT2D eigenvalue weighted by atomic mass is 31.2. The number of phosphoric acid groups is 1. The third kappa shape index (κ3) is 48.7. The Morgan fingerprint density at radius 2 is 0.873 bits per heavy atom. The standard InChI is InChI=1S/C54H107N2O6P/c1-6-8-10-12-14-16-18-20-21-22-23-24-25-26-27-28-29-30-31-32-33-34-36-38-40-42-44-46-48-54(58)55-52(51-62-63(59,60)61-50-49-56(3,4)5)53(57)47-45-43-41-39-37-35-19-17-15-13-11-9-7-2/h26-27,45,47,52-53,57H,6-25,28-44,46,48-51H2,1-5H3,(H-,55,58,59,60)/b27-26-,47-45+. The average Bonchev–Trinajstić information content (AvgIpc) is 3.24. The van der Waals surface area contributed by atoms with E-state index < -0.39 is 20.0 Å². The van der Waals surface area contributed by atoms with Crippen LogP contribution in [-0.4, -0.2) is 68.5 Å². The van der Waals surface area contributed by atoms with Gasteiger partial charge in [-0.25, -0.2) is 0 Å². The first-order chi connectivity index (χ1) is 30.5. The van der Waals surface area contributed by atoms with Crippen LogP contribution in [-0.2, 0) is 18.4 Å². The summed E-state index contributed by atoms with van der Waals surface area (Å²) in [4.78, 5) is 25.4. The van der Waals surface area contributed by atoms with Gasteiger partial charge >= 0.3 is 0 Å². The van der Waals surface area contributed by atoms with Crippen LogP contribution in [0.2, 0.25) is 0 Å². The molecule has 3 unspecified atom stereocenters. The molecule has 0 aromatic rings. The first-order valence-electron chi connectivity index (χ1n) is 27.2. The summed E-state index contributed by atoms with van der Waals surface area (Å²) in [5.74, 6) is -0.195. The summed E-state index contributed by atoms with van der Waals surface area (Å²) in [5.41, 5.74) is 0. The number of carbonyl (C=O) groups is 1. The van der Waals surface area contributed by atoms with Gasteiger partial charge in [-0.05, 0) is 44.9 Å². The lowest BCUT2D eigenvalue weighted by atomic mass is 10.0. The number of likely N-dealkylation sites (N-methyl/N-ethyl adjacent to an activating group) is 1. The molecule has 374 valence electrons. The topological polar surface area (TPSA) is 108 Å². The van der Waals surface area contributed by atoms with E-state index in [1.165, 1.54) is 205 Å². The van der Waals surface area contributed by atoms with Gasteiger partial charge in [-0.3, -0.25) is 9.36 Å². The molecule has 2 N–H and O–H groups in total. The van der Waals surface area contributed by atoms with Gasteiger partial charge in [-0.2, -0.15) is 0 Å². The van der Waals surface area contributed by atoms with E-state index in [9.17, 15) is 19.4 Å². The first-order valence-corrected chi connectivity index (χ1v) is 28.7. The minimum atomic E-state index is -4.59. The van der Waals surface area contributed by atoms with Gasteiger partial charge in [0.05, 0.1) is 39.9 Å². The fraction of sp³-hybridized carbons (Fsp3) is 0.907. The number of hydrogen-bond donors (Lipinski definition) is 2. The Labute approximate surface area is 392 Å². The Bertz CT molecular complexity index is 1080. The molecule has 0 rings (SSSR count). The van der Waals surface area contributed by atoms with Crippen LogP contribution in [0, 0.1) is 0 Å². The smallest absolute Gasteiger partial charge is 0.268 e. The first kappa shape index (κ1) is 62.0. The predicted octanol–water partition coefficient (Wildman–Crippen LogP) is 15.4. The SMILES string of the molecule is CCCCCCCCCCCCC/C=C/C(O)C(COP(=O)([O-])OCC[N+](C)(C)C)NC(=O)CCCCCCCCCCCCCC/C=C\CCCCCCCCCCCCCC. The van der Waals surface area contributed by atoms with Gasteiger partial charge in [-0.15, -0.1) is 0 Å². The molecule has 63 heavy (non-hydrogen) atoms. The molecule has 0 aliphatic heterocycles. The van der Waals surface area contributed by atoms with Gasteiger partial charge < -0.3 is 28.8 Å². The van der Waals surface area contributed by atoms with Gasteiger partial charge in [0.1, 0.15) is 13.2 Å². The Balaban J connectivity index is 4.10. The summed E-state index contributed by atoms with van der Waals surface area (Å²) < 4.78 is 23.3. The number of carbonyl (C=O) groups excluding carboxylic acids is 1. The van der Waals surface area contributed by atoms with Crippen molar-refractivity contribution in [2.24, 2.45) is 0 Å². The van der Waals surface area contributed by atoms with Gasteiger partial charge in [0, 0.05) is 6.42 Å². The summed E-state index contributed by atoms with van der Waals surface area (Å²) in [6, 6.07) is -0.883. The van der Waals surface area contributed by atoms with Crippen LogP contribution in [0.3, 0.4) is 0 Å². The summed E-state index contributed by atoms with van der Waals surface area (Å²) in [6.07, 6.45) is 56.8. The number of nitrogens with one attached hydrogen (secondary N) is 1. The molecule has 0 aliphatic carbocycles. The molecule has 0 spiro atoms. The van der Waals surface area contributed by atoms with Crippen LogP contribution in [0.1, 0.15) is 264 Å². The molecule has 9 heteroatoms. The van der Waals surface area contributed by atoms with E-state index in [0.29, 0.717) is 17.4 Å². The fourth-order valence-corrected chi connectivity index (χ4v) is 8.81. The molecule has 0 aromatic heterocycles. The maximum atomic E-state index is 12.9. The van der Waals surface area contributed by atoms with Gasteiger partial charge in [0.25, 0.3) is 7.82 Å². The zero-order chi connectivity index (χ0) is 46.4. The number of amides is 1. The van der Waals surface area contributed by atoms with Crippen molar-refractivity contribution < 1.29 is 32.9 Å². The highest BCUT2D eigenvalue weighted by molar-refractivity contribution is 7.45. The van der Waals surface area contributed by atoms with E-state index in [1.54, 1.807) is 6.08 Å². The normalized spacial score (nSPS) is 14.2. The van der Waals surface area contributed by atoms with E-state index in [-0.39, 0.29) is 19.1 Å². The molecular weight excluding hydrogens is 804 g/mol. The summed E-state index contributed by atoms with van der Waals surface area (Å²) in [6.45, 7) is 4.67. The number of phosphoric ester groups is 1. The highest BCUT2D eigenvalue weighted by Crippen LogP contribution is 2.38. The molecular formula is C54H107N2O6P. The van der Waals surface area contributed by atoms with E-state index in [0.717, 1.165) is 38.5 Å². The lowest BCUT2D eigenvalue weighted by Gasteiger charge is -2.29. The Hall–Kier alpha value is -1.02. The second-order valence-corrected chi connectivity index (χ2v) is 21.3. The van der Waals surface area contributed by atoms with Crippen molar-refractivity contribution in [1.82, 2.24) is 5.32 Å². The maximum Gasteiger partial charge on any atom is 0.268 e. The summed E-state index contributed by atoms with van der Waals surface area (Å²) >= 11 is 0. The fourth-order valence-electron chi connectivity index (χ4n) is 8.09. The number of unbranched alkanes of at least 4 members (excludes halogenated alkanes) is 35. The number of aliphatic hydroxyl groups is 1. The minimum Gasteiger partial charge on any atom is -0.756 e. The number of rotatable bonds is 50. The molecule has 0 saturated carbocycles. The molecule has 0 radical (unpaired) electrons. The lowest BCUT2D eigenvalue weighted by molar-refractivity contribution is -0.870. The third-order valence-electron chi connectivity index (χ3n) is 12.4. The van der Waals surface area contributed by atoms with Crippen molar-refractivity contribution in [1.29, 1.82) is 0 Å². The third-order valence-corrected chi connectivity index (χ3v) is 13.4. The van der Waals surface area contributed by atoms with Crippen molar-refractivity contribution in [2.45, 2.75) is 276 Å². The van der Waals surface area contributed by atoms with Crippen LogP contribution in [0.25, 0.3) is 0 Å². The Morgan fingerprint density at radius 3 is 1.24 bits per heavy atom. The quantitative estimate of drug-likeness (QED) is 0.0272. The van der Waals surface area contributed by atoms with Crippen molar-refractivity contribution in [3.63, 3.8) is 0 Å². The zero-order valence-electron chi connectivity index (χ0n) is 42.5. The van der Waals surface area contributed by atoms with Crippen molar-refractivity contribution in [3.8, 4) is 0 Å². The number of allylic oxidation sites excluding steroid dienone is 3. The van der Waals surface area contributed by atoms with Crippen LogP contribution >= 0.6 is 7.82 Å². The predicted molar refractivity (Wildman–Crippen MR) is 270 cm³/mol. The number of quaternary nitrogens is 1. The van der Waals surface area contributed by atoms with Gasteiger partial charge in [0.2, 0.25) is 5.91 Å². The van der Waals surface area contributed by atoms with Crippen LogP contribution in [0.15, 0.2) is 24.3 Å². The largest absolute Gasteiger partial charge is 0.756 e. The van der Waals surface area contributed by atoms with Crippen LogP contribution < -0.4 is 10.2 Å². The average molecular weight is 911 g/mol. The second-order valence-electron chi connectivity index (χ2n) is 19.9. The Morgan fingerprint density at radius 1 is 0.540 bits per heavy atom. The summed E-state index contributed by atoms with van der Waals surface area (Å²) in [7, 11) is 1.27. The highest BCUT2D eigenvalue weighted by Gasteiger charge is 2.23. The maximum absolute atomic E-state index is 12.9. The Kier molecular flexibility index (Phi) is 45.4. The number of nitrogens with zero attached hydrogens (tertiary/aromatic N) is 1. The monoisotopic (exact) mass is 911 g/mol. The van der Waals surface area contributed by atoms with E-state index >= 15 is 0 Å². The van der Waals surface area contributed by atoms with Crippen molar-refractivity contribution in [3.05, 3.63) is 24.3 Å².